The molecule has 1 saturated heterocycles. The fourth-order valence-corrected chi connectivity index (χ4v) is 5.85. The summed E-state index contributed by atoms with van der Waals surface area (Å²) in [7, 11) is 0. The molecule has 0 radical (unpaired) electrons. The van der Waals surface area contributed by atoms with Crippen molar-refractivity contribution in [2.24, 2.45) is 5.92 Å². The SMILES string of the molecule is C[C@@H](NC(=O)Cn1c(-c2cccc(Cl)c2)nc2ccc([C@H]3C[C@H](CN4CCCCC4)C3)cc2c1=O)C(F)(F)F. The second-order valence-corrected chi connectivity index (χ2v) is 11.3. The van der Waals surface area contributed by atoms with Crippen LogP contribution in [0.5, 0.6) is 0 Å². The average Bonchev–Trinajstić information content (AvgIpc) is 2.87. The number of rotatable bonds is 7. The van der Waals surface area contributed by atoms with Crippen molar-refractivity contribution in [3.63, 3.8) is 0 Å². The van der Waals surface area contributed by atoms with Crippen molar-refractivity contribution in [3.05, 3.63) is 63.4 Å². The molecule has 1 aromatic heterocycles. The first-order valence-electron chi connectivity index (χ1n) is 13.5. The standard InChI is InChI=1S/C29H32ClF3N4O2/c1-18(29(31,32)33)34-26(38)17-37-27(21-6-5-7-23(30)14-21)35-25-9-8-20(15-24(25)28(37)39)22-12-19(13-22)16-36-10-3-2-4-11-36/h5-9,14-15,18-19,22H,2-4,10-13,16-17H2,1H3,(H,34,38)/t18-,19-,22-/m1/s1. The van der Waals surface area contributed by atoms with E-state index in [1.54, 1.807) is 24.3 Å². The van der Waals surface area contributed by atoms with Crippen LogP contribution >= 0.6 is 11.6 Å². The number of fused-ring (bicyclic) bond motifs is 1. The molecule has 2 aliphatic rings. The third kappa shape index (κ3) is 6.30. The van der Waals surface area contributed by atoms with Crippen LogP contribution in [-0.4, -0.2) is 52.2 Å². The molecule has 0 bridgehead atoms. The molecular formula is C29H32ClF3N4O2. The number of nitrogens with one attached hydrogen (secondary N) is 1. The number of hydrogen-bond donors (Lipinski definition) is 1. The quantitative estimate of drug-likeness (QED) is 0.399. The first-order valence-corrected chi connectivity index (χ1v) is 13.8. The van der Waals surface area contributed by atoms with Crippen molar-refractivity contribution in [2.45, 2.75) is 63.7 Å². The summed E-state index contributed by atoms with van der Waals surface area (Å²) in [6.45, 7) is 3.72. The molecule has 2 heterocycles. The normalized spacial score (nSPS) is 20.9. The second-order valence-electron chi connectivity index (χ2n) is 10.8. The number of amides is 1. The molecule has 5 rings (SSSR count). The Morgan fingerprint density at radius 3 is 2.56 bits per heavy atom. The van der Waals surface area contributed by atoms with Crippen LogP contribution in [0.15, 0.2) is 47.3 Å². The van der Waals surface area contributed by atoms with Gasteiger partial charge in [0.25, 0.3) is 5.56 Å². The molecule has 2 fully saturated rings. The van der Waals surface area contributed by atoms with Crippen molar-refractivity contribution in [1.29, 1.82) is 0 Å². The summed E-state index contributed by atoms with van der Waals surface area (Å²) in [5.41, 5.74) is 1.52. The number of benzene rings is 2. The molecule has 0 spiro atoms. The van der Waals surface area contributed by atoms with Crippen LogP contribution in [-0.2, 0) is 11.3 Å². The van der Waals surface area contributed by atoms with E-state index in [0.717, 1.165) is 36.4 Å². The molecule has 1 N–H and O–H groups in total. The summed E-state index contributed by atoms with van der Waals surface area (Å²) in [6.07, 6.45) is 1.37. The monoisotopic (exact) mass is 560 g/mol. The Morgan fingerprint density at radius 2 is 1.87 bits per heavy atom. The Balaban J connectivity index is 1.43. The van der Waals surface area contributed by atoms with Crippen LogP contribution in [0.4, 0.5) is 13.2 Å². The molecule has 208 valence electrons. The lowest BCUT2D eigenvalue weighted by Gasteiger charge is -2.40. The third-order valence-electron chi connectivity index (χ3n) is 7.90. The number of likely N-dealkylation sites (tertiary alicyclic amines) is 1. The van der Waals surface area contributed by atoms with Crippen LogP contribution in [0.25, 0.3) is 22.3 Å². The predicted octanol–water partition coefficient (Wildman–Crippen LogP) is 5.76. The van der Waals surface area contributed by atoms with Crippen LogP contribution in [0.3, 0.4) is 0 Å². The first-order chi connectivity index (χ1) is 18.6. The molecule has 10 heteroatoms. The number of halogens is 4. The molecule has 1 atom stereocenters. The Bertz CT molecular complexity index is 1410. The van der Waals surface area contributed by atoms with Gasteiger partial charge in [0.15, 0.2) is 0 Å². The zero-order valence-corrected chi connectivity index (χ0v) is 22.6. The Labute approximate surface area is 230 Å². The topological polar surface area (TPSA) is 67.2 Å². The number of aromatic nitrogens is 2. The summed E-state index contributed by atoms with van der Waals surface area (Å²) >= 11 is 6.16. The van der Waals surface area contributed by atoms with Gasteiger partial charge in [-0.15, -0.1) is 0 Å². The minimum Gasteiger partial charge on any atom is -0.343 e. The summed E-state index contributed by atoms with van der Waals surface area (Å²) in [5, 5.41) is 2.69. The fourth-order valence-electron chi connectivity index (χ4n) is 5.66. The lowest BCUT2D eigenvalue weighted by molar-refractivity contribution is -0.158. The highest BCUT2D eigenvalue weighted by Crippen LogP contribution is 2.42. The van der Waals surface area contributed by atoms with Crippen molar-refractivity contribution >= 4 is 28.4 Å². The predicted molar refractivity (Wildman–Crippen MR) is 146 cm³/mol. The van der Waals surface area contributed by atoms with Crippen molar-refractivity contribution in [3.8, 4) is 11.4 Å². The number of carbonyl (C=O) groups is 1. The van der Waals surface area contributed by atoms with Gasteiger partial charge in [0, 0.05) is 17.1 Å². The van der Waals surface area contributed by atoms with E-state index in [1.165, 1.54) is 32.4 Å². The third-order valence-corrected chi connectivity index (χ3v) is 8.14. The number of hydrogen-bond acceptors (Lipinski definition) is 4. The minimum atomic E-state index is -4.60. The zero-order valence-electron chi connectivity index (χ0n) is 21.8. The highest BCUT2D eigenvalue weighted by Gasteiger charge is 2.37. The van der Waals surface area contributed by atoms with Gasteiger partial charge in [0.05, 0.1) is 10.9 Å². The molecular weight excluding hydrogens is 529 g/mol. The highest BCUT2D eigenvalue weighted by molar-refractivity contribution is 6.30. The summed E-state index contributed by atoms with van der Waals surface area (Å²) in [5.74, 6) is 0.230. The number of alkyl halides is 3. The molecule has 1 aliphatic carbocycles. The molecule has 2 aromatic carbocycles. The van der Waals surface area contributed by atoms with Gasteiger partial charge in [-0.2, -0.15) is 13.2 Å². The van der Waals surface area contributed by atoms with E-state index in [1.807, 2.05) is 23.5 Å². The zero-order chi connectivity index (χ0) is 27.7. The molecule has 1 amide bonds. The maximum atomic E-state index is 13.7. The highest BCUT2D eigenvalue weighted by atomic mass is 35.5. The smallest absolute Gasteiger partial charge is 0.343 e. The van der Waals surface area contributed by atoms with Crippen molar-refractivity contribution in [2.75, 3.05) is 19.6 Å². The molecule has 3 aromatic rings. The van der Waals surface area contributed by atoms with E-state index < -0.39 is 30.2 Å². The fraction of sp³-hybridized carbons (Fsp3) is 0.483. The van der Waals surface area contributed by atoms with Crippen LogP contribution in [0.1, 0.15) is 50.5 Å². The van der Waals surface area contributed by atoms with Crippen LogP contribution in [0.2, 0.25) is 5.02 Å². The van der Waals surface area contributed by atoms with E-state index in [-0.39, 0.29) is 5.82 Å². The summed E-state index contributed by atoms with van der Waals surface area (Å²) < 4.78 is 40.2. The maximum absolute atomic E-state index is 13.7. The first kappa shape index (κ1) is 27.6. The van der Waals surface area contributed by atoms with Gasteiger partial charge in [0.1, 0.15) is 18.4 Å². The van der Waals surface area contributed by atoms with Gasteiger partial charge in [-0.25, -0.2) is 4.98 Å². The Morgan fingerprint density at radius 1 is 1.13 bits per heavy atom. The summed E-state index contributed by atoms with van der Waals surface area (Å²) in [4.78, 5) is 33.5. The van der Waals surface area contributed by atoms with Gasteiger partial charge in [-0.05, 0) is 87.4 Å². The minimum absolute atomic E-state index is 0.169. The number of carbonyl (C=O) groups excluding carboxylic acids is 1. The van der Waals surface area contributed by atoms with E-state index >= 15 is 0 Å². The molecule has 6 nitrogen and oxygen atoms in total. The van der Waals surface area contributed by atoms with Crippen LogP contribution < -0.4 is 10.9 Å². The van der Waals surface area contributed by atoms with E-state index in [4.69, 9.17) is 11.6 Å². The molecule has 1 saturated carbocycles. The average molecular weight is 561 g/mol. The van der Waals surface area contributed by atoms with Crippen LogP contribution in [0, 0.1) is 5.92 Å². The van der Waals surface area contributed by atoms with E-state index in [2.05, 4.69) is 9.88 Å². The van der Waals surface area contributed by atoms with Gasteiger partial charge < -0.3 is 10.2 Å². The molecule has 1 aliphatic heterocycles. The second kappa shape index (κ2) is 11.3. The van der Waals surface area contributed by atoms with Gasteiger partial charge in [0.2, 0.25) is 5.91 Å². The largest absolute Gasteiger partial charge is 0.408 e. The molecule has 0 unspecified atom stereocenters. The number of nitrogens with zero attached hydrogens (tertiary/aromatic N) is 3. The maximum Gasteiger partial charge on any atom is 0.408 e. The number of piperidine rings is 1. The lowest BCUT2D eigenvalue weighted by Crippen LogP contribution is -2.45. The Hall–Kier alpha value is -2.91. The molecule has 39 heavy (non-hydrogen) atoms. The van der Waals surface area contributed by atoms with Gasteiger partial charge >= 0.3 is 6.18 Å². The van der Waals surface area contributed by atoms with E-state index in [0.29, 0.717) is 33.3 Å². The van der Waals surface area contributed by atoms with Gasteiger partial charge in [-0.3, -0.25) is 14.2 Å². The lowest BCUT2D eigenvalue weighted by atomic mass is 9.71. The van der Waals surface area contributed by atoms with Gasteiger partial charge in [-0.1, -0.05) is 36.2 Å². The Kier molecular flexibility index (Phi) is 8.01. The van der Waals surface area contributed by atoms with E-state index in [9.17, 15) is 22.8 Å². The summed E-state index contributed by atoms with van der Waals surface area (Å²) in [6, 6.07) is 10.2. The van der Waals surface area contributed by atoms with Crippen molar-refractivity contribution < 1.29 is 18.0 Å². The van der Waals surface area contributed by atoms with Crippen molar-refractivity contribution in [1.82, 2.24) is 19.8 Å².